The monoisotopic (exact) mass is 275 g/mol. The molecule has 2 rings (SSSR count). The normalized spacial score (nSPS) is 17.9. The van der Waals surface area contributed by atoms with Crippen LogP contribution in [0.4, 0.5) is 5.69 Å². The van der Waals surface area contributed by atoms with Gasteiger partial charge in [0.25, 0.3) is 0 Å². The number of nitrogens with one attached hydrogen (secondary N) is 2. The van der Waals surface area contributed by atoms with Crippen LogP contribution in [0.1, 0.15) is 31.7 Å². The van der Waals surface area contributed by atoms with Gasteiger partial charge in [-0.05, 0) is 31.9 Å². The summed E-state index contributed by atoms with van der Waals surface area (Å²) < 4.78 is 0. The Bertz CT molecular complexity index is 368. The Hall–Kier alpha value is -1.06. The van der Waals surface area contributed by atoms with Crippen LogP contribution in [0.15, 0.2) is 24.3 Å². The van der Waals surface area contributed by atoms with Gasteiger partial charge >= 0.3 is 0 Å². The highest BCUT2D eigenvalue weighted by Gasteiger charge is 2.19. The van der Waals surface area contributed by atoms with Gasteiger partial charge in [0.05, 0.1) is 0 Å². The van der Waals surface area contributed by atoms with Crippen molar-refractivity contribution in [1.82, 2.24) is 10.2 Å². The van der Waals surface area contributed by atoms with Crippen LogP contribution in [0.2, 0.25) is 0 Å². The molecule has 0 aromatic heterocycles. The molecule has 1 aromatic carbocycles. The van der Waals surface area contributed by atoms with Crippen molar-refractivity contribution in [3.05, 3.63) is 29.8 Å². The summed E-state index contributed by atoms with van der Waals surface area (Å²) in [6, 6.07) is 9.42. The first-order chi connectivity index (χ1) is 9.79. The second-order valence-corrected chi connectivity index (χ2v) is 5.81. The van der Waals surface area contributed by atoms with E-state index in [1.165, 1.54) is 43.6 Å². The lowest BCUT2D eigenvalue weighted by Crippen LogP contribution is -2.48. The Balaban J connectivity index is 1.77. The maximum Gasteiger partial charge on any atom is 0.0340 e. The molecule has 0 saturated carbocycles. The zero-order valence-electron chi connectivity index (χ0n) is 13.0. The van der Waals surface area contributed by atoms with Gasteiger partial charge in [0.2, 0.25) is 0 Å². The average molecular weight is 275 g/mol. The third kappa shape index (κ3) is 4.80. The first-order valence-electron chi connectivity index (χ1n) is 8.05. The van der Waals surface area contributed by atoms with Crippen LogP contribution in [0.3, 0.4) is 0 Å². The lowest BCUT2D eigenvalue weighted by Gasteiger charge is -2.35. The summed E-state index contributed by atoms with van der Waals surface area (Å²) in [6.45, 7) is 10.2. The van der Waals surface area contributed by atoms with E-state index in [0.717, 1.165) is 25.7 Å². The number of benzene rings is 1. The quantitative estimate of drug-likeness (QED) is 0.801. The predicted molar refractivity (Wildman–Crippen MR) is 87.4 cm³/mol. The number of anilines is 1. The average Bonchev–Trinajstić information content (AvgIpc) is 2.49. The van der Waals surface area contributed by atoms with E-state index in [2.05, 4.69) is 53.6 Å². The molecule has 0 spiro atoms. The van der Waals surface area contributed by atoms with Gasteiger partial charge in [-0.1, -0.05) is 31.0 Å². The summed E-state index contributed by atoms with van der Waals surface area (Å²) in [5.41, 5.74) is 2.56. The molecule has 3 nitrogen and oxygen atoms in total. The summed E-state index contributed by atoms with van der Waals surface area (Å²) in [4.78, 5) is 2.66. The van der Waals surface area contributed by atoms with Crippen molar-refractivity contribution in [2.45, 2.75) is 39.2 Å². The second kappa shape index (κ2) is 8.28. The van der Waals surface area contributed by atoms with Gasteiger partial charge in [-0.15, -0.1) is 0 Å². The van der Waals surface area contributed by atoms with Crippen molar-refractivity contribution in [1.29, 1.82) is 0 Å². The van der Waals surface area contributed by atoms with Crippen molar-refractivity contribution in [2.75, 3.05) is 38.0 Å². The minimum atomic E-state index is 0.736. The maximum atomic E-state index is 3.56. The van der Waals surface area contributed by atoms with E-state index in [4.69, 9.17) is 0 Å². The van der Waals surface area contributed by atoms with Crippen LogP contribution < -0.4 is 10.6 Å². The summed E-state index contributed by atoms with van der Waals surface area (Å²) in [5, 5.41) is 7.00. The molecule has 0 amide bonds. The van der Waals surface area contributed by atoms with E-state index in [1.807, 2.05) is 0 Å². The fourth-order valence-corrected chi connectivity index (χ4v) is 2.94. The Morgan fingerprint density at radius 1 is 1.15 bits per heavy atom. The fourth-order valence-electron chi connectivity index (χ4n) is 2.94. The molecule has 1 aliphatic heterocycles. The van der Waals surface area contributed by atoms with Crippen LogP contribution in [-0.4, -0.2) is 43.7 Å². The molecular formula is C17H29N3. The van der Waals surface area contributed by atoms with Gasteiger partial charge in [-0.3, -0.25) is 4.90 Å². The van der Waals surface area contributed by atoms with Gasteiger partial charge in [0, 0.05) is 44.5 Å². The van der Waals surface area contributed by atoms with Gasteiger partial charge in [0.1, 0.15) is 0 Å². The molecule has 1 saturated heterocycles. The van der Waals surface area contributed by atoms with Crippen LogP contribution in [0, 0.1) is 6.92 Å². The highest BCUT2D eigenvalue weighted by molar-refractivity contribution is 5.44. The fraction of sp³-hybridized carbons (Fsp3) is 0.647. The van der Waals surface area contributed by atoms with Crippen molar-refractivity contribution in [3.63, 3.8) is 0 Å². The zero-order valence-corrected chi connectivity index (χ0v) is 13.0. The number of rotatable bonds is 7. The van der Waals surface area contributed by atoms with Gasteiger partial charge in [0.15, 0.2) is 0 Å². The van der Waals surface area contributed by atoms with Crippen molar-refractivity contribution >= 4 is 5.69 Å². The summed E-state index contributed by atoms with van der Waals surface area (Å²) >= 11 is 0. The number of hydrogen-bond acceptors (Lipinski definition) is 3. The first kappa shape index (κ1) is 15.3. The van der Waals surface area contributed by atoms with Crippen LogP contribution in [0.25, 0.3) is 0 Å². The van der Waals surface area contributed by atoms with Crippen LogP contribution in [0.5, 0.6) is 0 Å². The molecule has 1 atom stereocenters. The first-order valence-corrected chi connectivity index (χ1v) is 8.05. The van der Waals surface area contributed by atoms with Crippen LogP contribution >= 0.6 is 0 Å². The summed E-state index contributed by atoms with van der Waals surface area (Å²) in [5.74, 6) is 0. The molecule has 20 heavy (non-hydrogen) atoms. The largest absolute Gasteiger partial charge is 0.385 e. The number of hydrogen-bond donors (Lipinski definition) is 2. The predicted octanol–water partition coefficient (Wildman–Crippen LogP) is 2.87. The third-order valence-corrected chi connectivity index (χ3v) is 4.15. The van der Waals surface area contributed by atoms with Gasteiger partial charge in [-0.2, -0.15) is 0 Å². The molecule has 1 fully saturated rings. The highest BCUT2D eigenvalue weighted by Crippen LogP contribution is 2.14. The molecule has 2 N–H and O–H groups in total. The Morgan fingerprint density at radius 3 is 2.50 bits per heavy atom. The number of nitrogens with zero attached hydrogens (tertiary/aromatic N) is 1. The Labute approximate surface area is 123 Å². The molecule has 112 valence electrons. The molecule has 0 aliphatic carbocycles. The highest BCUT2D eigenvalue weighted by atomic mass is 15.2. The van der Waals surface area contributed by atoms with E-state index < -0.39 is 0 Å². The van der Waals surface area contributed by atoms with Gasteiger partial charge < -0.3 is 10.6 Å². The molecule has 0 radical (unpaired) electrons. The van der Waals surface area contributed by atoms with E-state index in [9.17, 15) is 0 Å². The molecule has 1 heterocycles. The smallest absolute Gasteiger partial charge is 0.0340 e. The molecule has 1 unspecified atom stereocenters. The number of aryl methyl sites for hydroxylation is 1. The molecular weight excluding hydrogens is 246 g/mol. The summed E-state index contributed by atoms with van der Waals surface area (Å²) in [7, 11) is 0. The Kier molecular flexibility index (Phi) is 6.34. The number of piperazine rings is 1. The Morgan fingerprint density at radius 2 is 1.85 bits per heavy atom. The van der Waals surface area contributed by atoms with Crippen molar-refractivity contribution < 1.29 is 0 Å². The van der Waals surface area contributed by atoms with E-state index >= 15 is 0 Å². The van der Waals surface area contributed by atoms with Crippen molar-refractivity contribution in [3.8, 4) is 0 Å². The van der Waals surface area contributed by atoms with E-state index in [0.29, 0.717) is 0 Å². The van der Waals surface area contributed by atoms with E-state index in [1.54, 1.807) is 0 Å². The third-order valence-electron chi connectivity index (χ3n) is 4.15. The zero-order chi connectivity index (χ0) is 14.2. The minimum Gasteiger partial charge on any atom is -0.385 e. The van der Waals surface area contributed by atoms with Crippen molar-refractivity contribution in [2.24, 2.45) is 0 Å². The molecule has 0 bridgehead atoms. The lowest BCUT2D eigenvalue weighted by molar-refractivity contribution is 0.158. The maximum absolute atomic E-state index is 3.56. The minimum absolute atomic E-state index is 0.736. The lowest BCUT2D eigenvalue weighted by atomic mass is 10.1. The molecule has 1 aromatic rings. The molecule has 3 heteroatoms. The SMILES string of the molecule is CCCC(CCNc1ccc(C)cc1)N1CCNCC1. The second-order valence-electron chi connectivity index (χ2n) is 5.81. The topological polar surface area (TPSA) is 27.3 Å². The van der Waals surface area contributed by atoms with E-state index in [-0.39, 0.29) is 0 Å². The summed E-state index contributed by atoms with van der Waals surface area (Å²) in [6.07, 6.45) is 3.83. The van der Waals surface area contributed by atoms with Crippen LogP contribution in [-0.2, 0) is 0 Å². The molecule has 1 aliphatic rings. The van der Waals surface area contributed by atoms with Gasteiger partial charge in [-0.25, -0.2) is 0 Å². The standard InChI is InChI=1S/C17H29N3/c1-3-4-17(20-13-11-18-12-14-20)9-10-19-16-7-5-15(2)6-8-16/h5-8,17-19H,3-4,9-14H2,1-2H3.